The molecule has 0 saturated carbocycles. The zero-order chi connectivity index (χ0) is 12.3. The number of oxazole rings is 1. The van der Waals surface area contributed by atoms with Crippen LogP contribution in [0.5, 0.6) is 0 Å². The van der Waals surface area contributed by atoms with Crippen molar-refractivity contribution in [2.45, 2.75) is 51.1 Å². The van der Waals surface area contributed by atoms with E-state index in [4.69, 9.17) is 10.2 Å². The summed E-state index contributed by atoms with van der Waals surface area (Å²) in [6, 6.07) is 0.721. The van der Waals surface area contributed by atoms with E-state index in [-0.39, 0.29) is 6.04 Å². The van der Waals surface area contributed by atoms with Gasteiger partial charge >= 0.3 is 0 Å². The zero-order valence-corrected chi connectivity index (χ0v) is 10.9. The molecule has 1 aliphatic rings. The van der Waals surface area contributed by atoms with Crippen molar-refractivity contribution in [1.29, 1.82) is 0 Å². The van der Waals surface area contributed by atoms with Crippen molar-refractivity contribution < 1.29 is 4.42 Å². The largest absolute Gasteiger partial charge is 0.446 e. The maximum atomic E-state index is 5.74. The van der Waals surface area contributed by atoms with Crippen LogP contribution < -0.4 is 5.73 Å². The van der Waals surface area contributed by atoms with Gasteiger partial charge in [-0.2, -0.15) is 0 Å². The van der Waals surface area contributed by atoms with Crippen LogP contribution in [0.4, 0.5) is 0 Å². The minimum atomic E-state index is 0.133. The van der Waals surface area contributed by atoms with Crippen LogP contribution in [-0.2, 0) is 12.8 Å². The Bertz CT molecular complexity index is 348. The van der Waals surface area contributed by atoms with Gasteiger partial charge in [-0.25, -0.2) is 4.98 Å². The molecule has 2 unspecified atom stereocenters. The zero-order valence-electron chi connectivity index (χ0n) is 10.9. The number of nitrogens with two attached hydrogens (primary N) is 1. The Morgan fingerprint density at radius 3 is 3.12 bits per heavy atom. The van der Waals surface area contributed by atoms with Gasteiger partial charge in [-0.15, -0.1) is 0 Å². The number of aromatic nitrogens is 1. The van der Waals surface area contributed by atoms with Crippen LogP contribution in [0.25, 0.3) is 0 Å². The number of rotatable bonds is 4. The Hall–Kier alpha value is -0.870. The fraction of sp³-hybridized carbons (Fsp3) is 0.769. The van der Waals surface area contributed by atoms with Crippen molar-refractivity contribution in [1.82, 2.24) is 9.88 Å². The summed E-state index contributed by atoms with van der Waals surface area (Å²) >= 11 is 0. The summed E-state index contributed by atoms with van der Waals surface area (Å²) in [5.74, 6) is 1.77. The summed E-state index contributed by atoms with van der Waals surface area (Å²) in [5, 5.41) is 0. The van der Waals surface area contributed by atoms with E-state index >= 15 is 0 Å². The number of likely N-dealkylation sites (N-methyl/N-ethyl adjacent to an activating group) is 1. The summed E-state index contributed by atoms with van der Waals surface area (Å²) < 4.78 is 5.73. The summed E-state index contributed by atoms with van der Waals surface area (Å²) in [6.07, 6.45) is 7.41. The molecule has 2 rings (SSSR count). The highest BCUT2D eigenvalue weighted by Gasteiger charge is 2.21. The van der Waals surface area contributed by atoms with Gasteiger partial charge in [0.1, 0.15) is 5.76 Å². The number of hydrogen-bond acceptors (Lipinski definition) is 4. The normalized spacial score (nSPS) is 23.8. The second kappa shape index (κ2) is 5.65. The molecule has 1 aromatic rings. The van der Waals surface area contributed by atoms with E-state index in [9.17, 15) is 0 Å². The van der Waals surface area contributed by atoms with Gasteiger partial charge in [0, 0.05) is 24.9 Å². The van der Waals surface area contributed by atoms with Crippen molar-refractivity contribution >= 4 is 0 Å². The molecule has 1 aromatic heterocycles. The first kappa shape index (κ1) is 12.6. The third-order valence-corrected chi connectivity index (χ3v) is 3.46. The molecule has 1 saturated heterocycles. The van der Waals surface area contributed by atoms with Crippen molar-refractivity contribution in [3.63, 3.8) is 0 Å². The lowest BCUT2D eigenvalue weighted by molar-refractivity contribution is 0.176. The van der Waals surface area contributed by atoms with E-state index in [2.05, 4.69) is 16.9 Å². The second-order valence-corrected chi connectivity index (χ2v) is 5.24. The van der Waals surface area contributed by atoms with Gasteiger partial charge in [-0.3, -0.25) is 0 Å². The molecule has 17 heavy (non-hydrogen) atoms. The first-order valence-electron chi connectivity index (χ1n) is 6.54. The monoisotopic (exact) mass is 237 g/mol. The van der Waals surface area contributed by atoms with Crippen LogP contribution in [0, 0.1) is 0 Å². The average molecular weight is 237 g/mol. The molecule has 0 amide bonds. The molecular weight excluding hydrogens is 214 g/mol. The van der Waals surface area contributed by atoms with Crippen molar-refractivity contribution in [2.75, 3.05) is 13.6 Å². The molecule has 1 aliphatic heterocycles. The van der Waals surface area contributed by atoms with E-state index in [1.54, 1.807) is 0 Å². The number of piperidine rings is 1. The predicted octanol–water partition coefficient (Wildman–Crippen LogP) is 1.59. The minimum Gasteiger partial charge on any atom is -0.446 e. The molecule has 96 valence electrons. The van der Waals surface area contributed by atoms with E-state index in [0.29, 0.717) is 6.04 Å². The fourth-order valence-corrected chi connectivity index (χ4v) is 2.46. The van der Waals surface area contributed by atoms with Crippen LogP contribution in [-0.4, -0.2) is 35.6 Å². The highest BCUT2D eigenvalue weighted by atomic mass is 16.4. The smallest absolute Gasteiger partial charge is 0.195 e. The number of hydrogen-bond donors (Lipinski definition) is 1. The summed E-state index contributed by atoms with van der Waals surface area (Å²) in [6.45, 7) is 3.18. The Kier molecular flexibility index (Phi) is 4.18. The molecule has 0 radical (unpaired) electrons. The second-order valence-electron chi connectivity index (χ2n) is 5.24. The fourth-order valence-electron chi connectivity index (χ4n) is 2.46. The van der Waals surface area contributed by atoms with Crippen LogP contribution >= 0.6 is 0 Å². The molecule has 0 aliphatic carbocycles. The quantitative estimate of drug-likeness (QED) is 0.864. The molecule has 1 fully saturated rings. The minimum absolute atomic E-state index is 0.133. The lowest BCUT2D eigenvalue weighted by Gasteiger charge is -2.31. The van der Waals surface area contributed by atoms with Crippen LogP contribution in [0.2, 0.25) is 0 Å². The average Bonchev–Trinajstić information content (AvgIpc) is 2.68. The van der Waals surface area contributed by atoms with Gasteiger partial charge in [0.2, 0.25) is 0 Å². The predicted molar refractivity (Wildman–Crippen MR) is 67.8 cm³/mol. The Morgan fingerprint density at radius 2 is 2.41 bits per heavy atom. The van der Waals surface area contributed by atoms with E-state index < -0.39 is 0 Å². The van der Waals surface area contributed by atoms with Crippen molar-refractivity contribution in [3.05, 3.63) is 17.8 Å². The van der Waals surface area contributed by atoms with Gasteiger partial charge in [0.25, 0.3) is 0 Å². The van der Waals surface area contributed by atoms with Crippen molar-refractivity contribution in [3.8, 4) is 0 Å². The van der Waals surface area contributed by atoms with Crippen LogP contribution in [0.15, 0.2) is 10.6 Å². The van der Waals surface area contributed by atoms with E-state index in [1.165, 1.54) is 25.8 Å². The lowest BCUT2D eigenvalue weighted by Crippen LogP contribution is -2.37. The molecule has 4 heteroatoms. The van der Waals surface area contributed by atoms with Gasteiger partial charge in [-0.05, 0) is 33.4 Å². The summed E-state index contributed by atoms with van der Waals surface area (Å²) in [7, 11) is 2.19. The molecule has 2 heterocycles. The van der Waals surface area contributed by atoms with Gasteiger partial charge in [0.15, 0.2) is 5.89 Å². The molecule has 0 bridgehead atoms. The molecule has 0 spiro atoms. The van der Waals surface area contributed by atoms with Gasteiger partial charge < -0.3 is 15.1 Å². The maximum absolute atomic E-state index is 5.74. The SMILES string of the molecule is CC(N)Cc1cnc(CC2CCCCN2C)o1. The molecule has 2 N–H and O–H groups in total. The summed E-state index contributed by atoms with van der Waals surface area (Å²) in [5.41, 5.74) is 5.74. The third-order valence-electron chi connectivity index (χ3n) is 3.46. The van der Waals surface area contributed by atoms with Gasteiger partial charge in [0.05, 0.1) is 6.20 Å². The summed E-state index contributed by atoms with van der Waals surface area (Å²) in [4.78, 5) is 6.76. The molecule has 0 aromatic carbocycles. The highest BCUT2D eigenvalue weighted by Crippen LogP contribution is 2.19. The first-order valence-corrected chi connectivity index (χ1v) is 6.54. The Morgan fingerprint density at radius 1 is 1.59 bits per heavy atom. The van der Waals surface area contributed by atoms with E-state index in [0.717, 1.165) is 24.5 Å². The molecular formula is C13H23N3O. The number of nitrogens with zero attached hydrogens (tertiary/aromatic N) is 2. The van der Waals surface area contributed by atoms with E-state index in [1.807, 2.05) is 13.1 Å². The van der Waals surface area contributed by atoms with Crippen molar-refractivity contribution in [2.24, 2.45) is 5.73 Å². The highest BCUT2D eigenvalue weighted by molar-refractivity contribution is 4.98. The van der Waals surface area contributed by atoms with Crippen LogP contribution in [0.1, 0.15) is 37.8 Å². The Labute approximate surface area is 103 Å². The van der Waals surface area contributed by atoms with Crippen LogP contribution in [0.3, 0.4) is 0 Å². The lowest BCUT2D eigenvalue weighted by atomic mass is 10.0. The maximum Gasteiger partial charge on any atom is 0.195 e. The standard InChI is InChI=1S/C13H23N3O/c1-10(14)7-12-9-15-13(17-12)8-11-5-3-4-6-16(11)2/h9-11H,3-8,14H2,1-2H3. The number of likely N-dealkylation sites (tertiary alicyclic amines) is 1. The Balaban J connectivity index is 1.91. The first-order chi connectivity index (χ1) is 8.15. The molecule has 4 nitrogen and oxygen atoms in total. The van der Waals surface area contributed by atoms with Gasteiger partial charge in [-0.1, -0.05) is 6.42 Å². The molecule has 2 atom stereocenters. The third kappa shape index (κ3) is 3.54. The topological polar surface area (TPSA) is 55.3 Å².